The van der Waals surface area contributed by atoms with Gasteiger partial charge in [-0.1, -0.05) is 63.9 Å². The number of rotatable bonds is 9. The van der Waals surface area contributed by atoms with Crippen LogP contribution in [0.4, 0.5) is 0 Å². The number of nitrogens with one attached hydrogen (secondary N) is 1. The molecule has 0 amide bonds. The fourth-order valence-corrected chi connectivity index (χ4v) is 2.78. The second-order valence-electron chi connectivity index (χ2n) is 7.39. The first-order valence-electron chi connectivity index (χ1n) is 8.68. The van der Waals surface area contributed by atoms with Crippen LogP contribution in [0.15, 0.2) is 24.3 Å². The van der Waals surface area contributed by atoms with Crippen molar-refractivity contribution in [2.24, 2.45) is 11.3 Å². The lowest BCUT2D eigenvalue weighted by molar-refractivity contribution is 0.0800. The third-order valence-corrected chi connectivity index (χ3v) is 4.22. The van der Waals surface area contributed by atoms with Crippen LogP contribution in [0.25, 0.3) is 0 Å². The second-order valence-corrected chi connectivity index (χ2v) is 7.39. The quantitative estimate of drug-likeness (QED) is 0.513. The molecule has 0 aliphatic rings. The molecular weight excluding hydrogens is 270 g/mol. The van der Waals surface area contributed by atoms with Crippen LogP contribution in [-0.4, -0.2) is 18.9 Å². The largest absolute Gasteiger partial charge is 0.317 e. The van der Waals surface area contributed by atoms with E-state index in [1.807, 2.05) is 24.3 Å². The zero-order chi connectivity index (χ0) is 16.6. The molecule has 0 saturated heterocycles. The molecule has 1 N–H and O–H groups in total. The summed E-state index contributed by atoms with van der Waals surface area (Å²) in [5.41, 5.74) is 2.07. The van der Waals surface area contributed by atoms with Gasteiger partial charge in [-0.05, 0) is 44.7 Å². The molecule has 0 aliphatic heterocycles. The molecule has 1 atom stereocenters. The molecule has 1 unspecified atom stereocenters. The highest BCUT2D eigenvalue weighted by Gasteiger charge is 2.31. The molecule has 124 valence electrons. The maximum atomic E-state index is 12.9. The van der Waals surface area contributed by atoms with E-state index in [0.717, 1.165) is 37.9 Å². The topological polar surface area (TPSA) is 29.1 Å². The van der Waals surface area contributed by atoms with Crippen LogP contribution in [0.2, 0.25) is 0 Å². The number of unbranched alkanes of at least 4 members (excludes halogenated alkanes) is 1. The van der Waals surface area contributed by atoms with Gasteiger partial charge in [0.1, 0.15) is 0 Å². The fourth-order valence-electron chi connectivity index (χ4n) is 2.78. The van der Waals surface area contributed by atoms with E-state index in [-0.39, 0.29) is 11.3 Å². The Labute approximate surface area is 136 Å². The lowest BCUT2D eigenvalue weighted by Crippen LogP contribution is -2.29. The van der Waals surface area contributed by atoms with Crippen LogP contribution < -0.4 is 5.32 Å². The van der Waals surface area contributed by atoms with Crippen LogP contribution in [0.1, 0.15) is 69.3 Å². The number of hydrogen-bond donors (Lipinski definition) is 1. The Morgan fingerprint density at radius 3 is 2.27 bits per heavy atom. The minimum Gasteiger partial charge on any atom is -0.317 e. The van der Waals surface area contributed by atoms with Crippen LogP contribution in [0.5, 0.6) is 0 Å². The zero-order valence-electron chi connectivity index (χ0n) is 15.0. The van der Waals surface area contributed by atoms with Gasteiger partial charge < -0.3 is 5.32 Å². The van der Waals surface area contributed by atoms with Crippen molar-refractivity contribution >= 4 is 5.78 Å². The molecule has 0 aliphatic carbocycles. The predicted octanol–water partition coefficient (Wildman–Crippen LogP) is 5.01. The summed E-state index contributed by atoms with van der Waals surface area (Å²) in [6.07, 6.45) is 4.41. The summed E-state index contributed by atoms with van der Waals surface area (Å²) >= 11 is 0. The van der Waals surface area contributed by atoms with Crippen molar-refractivity contribution < 1.29 is 4.79 Å². The first-order chi connectivity index (χ1) is 10.4. The van der Waals surface area contributed by atoms with Crippen molar-refractivity contribution in [1.29, 1.82) is 0 Å². The van der Waals surface area contributed by atoms with Gasteiger partial charge in [0.25, 0.3) is 0 Å². The van der Waals surface area contributed by atoms with Gasteiger partial charge in [0.15, 0.2) is 5.78 Å². The number of ketones is 1. The normalized spacial score (nSPS) is 13.1. The van der Waals surface area contributed by atoms with Crippen molar-refractivity contribution in [2.75, 3.05) is 13.1 Å². The Hall–Kier alpha value is -1.15. The Kier molecular flexibility index (Phi) is 7.81. The third-order valence-electron chi connectivity index (χ3n) is 4.22. The third kappa shape index (κ3) is 6.31. The summed E-state index contributed by atoms with van der Waals surface area (Å²) in [7, 11) is 0. The number of benzene rings is 1. The minimum atomic E-state index is 0.0127. The summed E-state index contributed by atoms with van der Waals surface area (Å²) in [5.74, 6) is 0.399. The van der Waals surface area contributed by atoms with Gasteiger partial charge in [-0.2, -0.15) is 0 Å². The van der Waals surface area contributed by atoms with E-state index in [9.17, 15) is 4.79 Å². The molecule has 22 heavy (non-hydrogen) atoms. The SMILES string of the molecule is CCCNCCCCC(C(=O)c1ccc(C)cc1)C(C)(C)C. The van der Waals surface area contributed by atoms with Gasteiger partial charge >= 0.3 is 0 Å². The maximum absolute atomic E-state index is 12.9. The zero-order valence-corrected chi connectivity index (χ0v) is 15.0. The molecule has 0 bridgehead atoms. The van der Waals surface area contributed by atoms with Gasteiger partial charge in [0.2, 0.25) is 0 Å². The highest BCUT2D eigenvalue weighted by molar-refractivity contribution is 5.98. The number of carbonyl (C=O) groups excluding carboxylic acids is 1. The maximum Gasteiger partial charge on any atom is 0.166 e. The molecule has 0 radical (unpaired) electrons. The van der Waals surface area contributed by atoms with E-state index < -0.39 is 0 Å². The molecule has 0 heterocycles. The summed E-state index contributed by atoms with van der Waals surface area (Å²) in [5, 5.41) is 3.43. The molecule has 0 saturated carbocycles. The lowest BCUT2D eigenvalue weighted by Gasteiger charge is -2.29. The molecule has 0 spiro atoms. The van der Waals surface area contributed by atoms with Gasteiger partial charge in [-0.3, -0.25) is 4.79 Å². The van der Waals surface area contributed by atoms with Crippen molar-refractivity contribution in [3.8, 4) is 0 Å². The summed E-state index contributed by atoms with van der Waals surface area (Å²) in [6.45, 7) is 12.9. The van der Waals surface area contributed by atoms with E-state index in [1.54, 1.807) is 0 Å². The molecule has 1 rings (SSSR count). The molecule has 1 aromatic rings. The molecule has 2 heteroatoms. The molecule has 2 nitrogen and oxygen atoms in total. The number of carbonyl (C=O) groups is 1. The van der Waals surface area contributed by atoms with Gasteiger partial charge in [0.05, 0.1) is 0 Å². The average molecular weight is 303 g/mol. The van der Waals surface area contributed by atoms with E-state index in [0.29, 0.717) is 5.78 Å². The Morgan fingerprint density at radius 2 is 1.73 bits per heavy atom. The highest BCUT2D eigenvalue weighted by atomic mass is 16.1. The van der Waals surface area contributed by atoms with E-state index >= 15 is 0 Å². The lowest BCUT2D eigenvalue weighted by atomic mass is 9.74. The van der Waals surface area contributed by atoms with Crippen LogP contribution in [-0.2, 0) is 0 Å². The van der Waals surface area contributed by atoms with Crippen LogP contribution in [0, 0.1) is 18.3 Å². The molecular formula is C20H33NO. The van der Waals surface area contributed by atoms with E-state index in [4.69, 9.17) is 0 Å². The highest BCUT2D eigenvalue weighted by Crippen LogP contribution is 2.33. The van der Waals surface area contributed by atoms with Crippen molar-refractivity contribution in [3.05, 3.63) is 35.4 Å². The van der Waals surface area contributed by atoms with Crippen LogP contribution >= 0.6 is 0 Å². The number of hydrogen-bond acceptors (Lipinski definition) is 2. The summed E-state index contributed by atoms with van der Waals surface area (Å²) < 4.78 is 0. The first kappa shape index (κ1) is 18.9. The predicted molar refractivity (Wildman–Crippen MR) is 95.5 cm³/mol. The first-order valence-corrected chi connectivity index (χ1v) is 8.68. The van der Waals surface area contributed by atoms with Gasteiger partial charge in [-0.15, -0.1) is 0 Å². The Bertz CT molecular complexity index is 442. The molecule has 0 fully saturated rings. The van der Waals surface area contributed by atoms with Crippen molar-refractivity contribution in [1.82, 2.24) is 5.32 Å². The number of aryl methyl sites for hydroxylation is 1. The standard InChI is InChI=1S/C20H33NO/c1-6-14-21-15-8-7-9-18(20(3,4)5)19(22)17-12-10-16(2)11-13-17/h10-13,18,21H,6-9,14-15H2,1-5H3. The van der Waals surface area contributed by atoms with Crippen LogP contribution in [0.3, 0.4) is 0 Å². The second kappa shape index (κ2) is 9.09. The van der Waals surface area contributed by atoms with E-state index in [1.165, 1.54) is 12.0 Å². The van der Waals surface area contributed by atoms with Crippen molar-refractivity contribution in [3.63, 3.8) is 0 Å². The monoisotopic (exact) mass is 303 g/mol. The molecule has 1 aromatic carbocycles. The van der Waals surface area contributed by atoms with Crippen molar-refractivity contribution in [2.45, 2.75) is 60.3 Å². The fraction of sp³-hybridized carbons (Fsp3) is 0.650. The molecule has 0 aromatic heterocycles. The average Bonchev–Trinajstić information content (AvgIpc) is 2.45. The number of Topliss-reactive ketones (excluding diaryl/α,β-unsaturated/α-hetero) is 1. The van der Waals surface area contributed by atoms with Gasteiger partial charge in [0, 0.05) is 11.5 Å². The van der Waals surface area contributed by atoms with Gasteiger partial charge in [-0.25, -0.2) is 0 Å². The summed E-state index contributed by atoms with van der Waals surface area (Å²) in [6, 6.07) is 8.00. The Morgan fingerprint density at radius 1 is 1.09 bits per heavy atom. The smallest absolute Gasteiger partial charge is 0.166 e. The minimum absolute atomic E-state index is 0.0127. The van der Waals surface area contributed by atoms with E-state index in [2.05, 4.69) is 39.9 Å². The summed E-state index contributed by atoms with van der Waals surface area (Å²) in [4.78, 5) is 12.9. The Balaban J connectivity index is 2.61.